The highest BCUT2D eigenvalue weighted by Gasteiger charge is 2.16. The fraction of sp³-hybridized carbons (Fsp3) is 0.125. The summed E-state index contributed by atoms with van der Waals surface area (Å²) in [5, 5.41) is 20.5. The summed E-state index contributed by atoms with van der Waals surface area (Å²) in [5.41, 5.74) is 1.29. The van der Waals surface area contributed by atoms with Gasteiger partial charge in [0.1, 0.15) is 12.1 Å². The zero-order chi connectivity index (χ0) is 16.2. The van der Waals surface area contributed by atoms with Gasteiger partial charge in [0, 0.05) is 18.3 Å². The number of benzene rings is 1. The van der Waals surface area contributed by atoms with Gasteiger partial charge >= 0.3 is 0 Å². The van der Waals surface area contributed by atoms with Crippen molar-refractivity contribution in [2.75, 3.05) is 5.32 Å². The first-order chi connectivity index (χ1) is 11.2. The number of hydrogen-bond donors (Lipinski definition) is 2. The van der Waals surface area contributed by atoms with Crippen LogP contribution in [-0.2, 0) is 6.54 Å². The smallest absolute Gasteiger partial charge is 0.278 e. The van der Waals surface area contributed by atoms with E-state index in [9.17, 15) is 9.90 Å². The quantitative estimate of drug-likeness (QED) is 0.771. The largest absolute Gasteiger partial charge is 0.505 e. The van der Waals surface area contributed by atoms with Gasteiger partial charge in [-0.15, -0.1) is 10.2 Å². The summed E-state index contributed by atoms with van der Waals surface area (Å²) in [7, 11) is 0. The maximum absolute atomic E-state index is 12.3. The van der Waals surface area contributed by atoms with Crippen molar-refractivity contribution < 1.29 is 9.90 Å². The van der Waals surface area contributed by atoms with Crippen LogP contribution in [0.3, 0.4) is 0 Å². The van der Waals surface area contributed by atoms with E-state index >= 15 is 0 Å². The molecule has 7 nitrogen and oxygen atoms in total. The maximum atomic E-state index is 12.3. The molecule has 0 saturated heterocycles. The first-order valence-electron chi connectivity index (χ1n) is 7.13. The Balaban J connectivity index is 1.96. The summed E-state index contributed by atoms with van der Waals surface area (Å²) < 4.78 is 1.88. The summed E-state index contributed by atoms with van der Waals surface area (Å²) in [6.07, 6.45) is 3.09. The molecule has 0 spiro atoms. The van der Waals surface area contributed by atoms with Crippen LogP contribution in [0.1, 0.15) is 17.4 Å². The van der Waals surface area contributed by atoms with E-state index in [0.717, 1.165) is 5.56 Å². The van der Waals surface area contributed by atoms with Crippen LogP contribution in [0.15, 0.2) is 48.9 Å². The van der Waals surface area contributed by atoms with E-state index in [-0.39, 0.29) is 11.4 Å². The molecular formula is C16H15N5O2. The van der Waals surface area contributed by atoms with E-state index in [1.165, 1.54) is 12.3 Å². The number of para-hydroxylation sites is 1. The van der Waals surface area contributed by atoms with Crippen molar-refractivity contribution >= 4 is 11.6 Å². The lowest BCUT2D eigenvalue weighted by Gasteiger charge is -2.11. The monoisotopic (exact) mass is 309 g/mol. The standard InChI is InChI=1S/C16H15N5O2/c1-2-21-10-18-20-15(21)11-6-3-4-7-12(11)19-16(23)14-13(22)8-5-9-17-14/h3-10,22H,2H2,1H3,(H,19,23). The predicted molar refractivity (Wildman–Crippen MR) is 85.0 cm³/mol. The number of aromatic hydroxyl groups is 1. The van der Waals surface area contributed by atoms with Crippen LogP contribution in [0.4, 0.5) is 5.69 Å². The summed E-state index contributed by atoms with van der Waals surface area (Å²) in [4.78, 5) is 16.2. The molecule has 1 aromatic carbocycles. The molecule has 1 amide bonds. The van der Waals surface area contributed by atoms with Crippen LogP contribution in [0, 0.1) is 0 Å². The van der Waals surface area contributed by atoms with Crippen molar-refractivity contribution in [2.24, 2.45) is 0 Å². The third-order valence-corrected chi connectivity index (χ3v) is 3.37. The van der Waals surface area contributed by atoms with Crippen molar-refractivity contribution in [1.29, 1.82) is 0 Å². The lowest BCUT2D eigenvalue weighted by Crippen LogP contribution is -2.14. The van der Waals surface area contributed by atoms with E-state index in [0.29, 0.717) is 18.1 Å². The molecular weight excluding hydrogens is 294 g/mol. The first-order valence-corrected chi connectivity index (χ1v) is 7.13. The maximum Gasteiger partial charge on any atom is 0.278 e. The van der Waals surface area contributed by atoms with Gasteiger partial charge in [0.25, 0.3) is 5.91 Å². The summed E-state index contributed by atoms with van der Waals surface area (Å²) in [6.45, 7) is 2.70. The topological polar surface area (TPSA) is 92.9 Å². The van der Waals surface area contributed by atoms with Crippen LogP contribution in [-0.4, -0.2) is 30.8 Å². The van der Waals surface area contributed by atoms with Gasteiger partial charge in [0.2, 0.25) is 0 Å². The van der Waals surface area contributed by atoms with Crippen LogP contribution >= 0.6 is 0 Å². The zero-order valence-corrected chi connectivity index (χ0v) is 12.5. The number of aromatic nitrogens is 4. The second kappa shape index (κ2) is 6.27. The Morgan fingerprint density at radius 1 is 1.26 bits per heavy atom. The van der Waals surface area contributed by atoms with Crippen molar-refractivity contribution in [3.8, 4) is 17.1 Å². The van der Waals surface area contributed by atoms with Crippen molar-refractivity contribution in [2.45, 2.75) is 13.5 Å². The number of carbonyl (C=O) groups excluding carboxylic acids is 1. The minimum atomic E-state index is -0.488. The Labute approximate surface area is 132 Å². The van der Waals surface area contributed by atoms with Crippen LogP contribution in [0.2, 0.25) is 0 Å². The number of rotatable bonds is 4. The van der Waals surface area contributed by atoms with Gasteiger partial charge < -0.3 is 15.0 Å². The molecule has 23 heavy (non-hydrogen) atoms. The molecule has 2 N–H and O–H groups in total. The molecule has 3 rings (SSSR count). The zero-order valence-electron chi connectivity index (χ0n) is 12.5. The molecule has 0 saturated carbocycles. The summed E-state index contributed by atoms with van der Waals surface area (Å²) >= 11 is 0. The highest BCUT2D eigenvalue weighted by atomic mass is 16.3. The molecule has 0 fully saturated rings. The molecule has 0 aliphatic heterocycles. The number of amides is 1. The lowest BCUT2D eigenvalue weighted by molar-refractivity contribution is 0.101. The number of nitrogens with one attached hydrogen (secondary N) is 1. The second-order valence-electron chi connectivity index (χ2n) is 4.81. The molecule has 0 bridgehead atoms. The van der Waals surface area contributed by atoms with Gasteiger partial charge in [-0.05, 0) is 31.2 Å². The van der Waals surface area contributed by atoms with Gasteiger partial charge in [-0.2, -0.15) is 0 Å². The van der Waals surface area contributed by atoms with Crippen LogP contribution < -0.4 is 5.32 Å². The number of aryl methyl sites for hydroxylation is 1. The Kier molecular flexibility index (Phi) is 4.01. The molecule has 0 unspecified atom stereocenters. The minimum Gasteiger partial charge on any atom is -0.505 e. The normalized spacial score (nSPS) is 10.5. The highest BCUT2D eigenvalue weighted by molar-refractivity contribution is 6.06. The van der Waals surface area contributed by atoms with Gasteiger partial charge in [-0.1, -0.05) is 12.1 Å². The highest BCUT2D eigenvalue weighted by Crippen LogP contribution is 2.27. The SMILES string of the molecule is CCn1cnnc1-c1ccccc1NC(=O)c1ncccc1O. The Bertz CT molecular complexity index is 844. The molecule has 2 aromatic heterocycles. The average Bonchev–Trinajstić information content (AvgIpc) is 3.04. The number of nitrogens with zero attached hydrogens (tertiary/aromatic N) is 4. The molecule has 0 aliphatic rings. The van der Waals surface area contributed by atoms with Crippen LogP contribution in [0.5, 0.6) is 5.75 Å². The van der Waals surface area contributed by atoms with E-state index in [4.69, 9.17) is 0 Å². The summed E-state index contributed by atoms with van der Waals surface area (Å²) in [5.74, 6) is 0.00552. The number of anilines is 1. The van der Waals surface area contributed by atoms with Crippen molar-refractivity contribution in [3.63, 3.8) is 0 Å². The Morgan fingerprint density at radius 2 is 2.09 bits per heavy atom. The molecule has 0 aliphatic carbocycles. The average molecular weight is 309 g/mol. The molecule has 116 valence electrons. The predicted octanol–water partition coefficient (Wildman–Crippen LogP) is 2.32. The fourth-order valence-electron chi connectivity index (χ4n) is 2.24. The van der Waals surface area contributed by atoms with Crippen LogP contribution in [0.25, 0.3) is 11.4 Å². The Hall–Kier alpha value is -3.22. The lowest BCUT2D eigenvalue weighted by atomic mass is 10.1. The third-order valence-electron chi connectivity index (χ3n) is 3.37. The molecule has 0 atom stereocenters. The number of pyridine rings is 1. The molecule has 2 heterocycles. The van der Waals surface area contributed by atoms with E-state index < -0.39 is 5.91 Å². The van der Waals surface area contributed by atoms with Gasteiger partial charge in [0.05, 0.1) is 5.69 Å². The fourth-order valence-corrected chi connectivity index (χ4v) is 2.24. The van der Waals surface area contributed by atoms with Crippen molar-refractivity contribution in [1.82, 2.24) is 19.7 Å². The van der Waals surface area contributed by atoms with Gasteiger partial charge in [0.15, 0.2) is 11.5 Å². The van der Waals surface area contributed by atoms with E-state index in [1.807, 2.05) is 29.7 Å². The summed E-state index contributed by atoms with van der Waals surface area (Å²) in [6, 6.07) is 10.3. The Morgan fingerprint density at radius 3 is 2.87 bits per heavy atom. The first kappa shape index (κ1) is 14.7. The molecule has 7 heteroatoms. The number of hydrogen-bond acceptors (Lipinski definition) is 5. The molecule has 0 radical (unpaired) electrons. The van der Waals surface area contributed by atoms with E-state index in [1.54, 1.807) is 18.5 Å². The van der Waals surface area contributed by atoms with Gasteiger partial charge in [-0.3, -0.25) is 4.79 Å². The minimum absolute atomic E-state index is 0.0285. The van der Waals surface area contributed by atoms with E-state index in [2.05, 4.69) is 20.5 Å². The second-order valence-corrected chi connectivity index (χ2v) is 4.81. The molecule has 3 aromatic rings. The van der Waals surface area contributed by atoms with Crippen molar-refractivity contribution in [3.05, 3.63) is 54.6 Å². The third kappa shape index (κ3) is 2.89. The number of carbonyl (C=O) groups is 1. The van der Waals surface area contributed by atoms with Gasteiger partial charge in [-0.25, -0.2) is 4.98 Å².